The molecule has 154 valence electrons. The molecule has 0 unspecified atom stereocenters. The molecule has 5 nitrogen and oxygen atoms in total. The van der Waals surface area contributed by atoms with Crippen molar-refractivity contribution < 1.29 is 8.42 Å². The minimum atomic E-state index is -3.50. The monoisotopic (exact) mass is 449 g/mol. The minimum Gasteiger partial charge on any atom is -0.345 e. The molecule has 1 aliphatic heterocycles. The van der Waals surface area contributed by atoms with E-state index in [9.17, 15) is 8.42 Å². The molecule has 0 spiro atoms. The van der Waals surface area contributed by atoms with Crippen molar-refractivity contribution in [1.29, 1.82) is 0 Å². The molecule has 2 aromatic heterocycles. The van der Waals surface area contributed by atoms with Crippen molar-refractivity contribution >= 4 is 33.0 Å². The molecule has 1 fully saturated rings. The van der Waals surface area contributed by atoms with Gasteiger partial charge in [0, 0.05) is 41.8 Å². The van der Waals surface area contributed by atoms with Crippen LogP contribution in [0.4, 0.5) is 0 Å². The molecule has 8 heteroatoms. The van der Waals surface area contributed by atoms with Crippen molar-refractivity contribution in [3.8, 4) is 22.0 Å². The summed E-state index contributed by atoms with van der Waals surface area (Å²) in [6, 6.07) is 9.32. The molecule has 0 bridgehead atoms. The molecule has 3 heterocycles. The van der Waals surface area contributed by atoms with Crippen LogP contribution in [-0.4, -0.2) is 35.4 Å². The van der Waals surface area contributed by atoms with Gasteiger partial charge in [-0.25, -0.2) is 13.4 Å². The maximum Gasteiger partial charge on any atom is 0.244 e. The summed E-state index contributed by atoms with van der Waals surface area (Å²) in [7, 11) is -1.61. The van der Waals surface area contributed by atoms with E-state index in [0.717, 1.165) is 40.5 Å². The van der Waals surface area contributed by atoms with Crippen molar-refractivity contribution in [3.63, 3.8) is 0 Å². The average Bonchev–Trinajstić information content (AvgIpc) is 3.29. The second-order valence-corrected chi connectivity index (χ2v) is 10.9. The van der Waals surface area contributed by atoms with Crippen molar-refractivity contribution in [2.75, 3.05) is 13.1 Å². The Labute approximate surface area is 181 Å². The molecule has 0 amide bonds. The zero-order valence-corrected chi connectivity index (χ0v) is 19.1. The van der Waals surface area contributed by atoms with Gasteiger partial charge in [-0.3, -0.25) is 0 Å². The first-order valence-electron chi connectivity index (χ1n) is 9.65. The van der Waals surface area contributed by atoms with Gasteiger partial charge in [-0.15, -0.1) is 11.3 Å². The zero-order valence-electron chi connectivity index (χ0n) is 16.7. The third kappa shape index (κ3) is 3.89. The highest BCUT2D eigenvalue weighted by molar-refractivity contribution is 7.89. The van der Waals surface area contributed by atoms with E-state index >= 15 is 0 Å². The van der Waals surface area contributed by atoms with Gasteiger partial charge in [0.2, 0.25) is 10.0 Å². The van der Waals surface area contributed by atoms with E-state index in [-0.39, 0.29) is 0 Å². The third-order valence-electron chi connectivity index (χ3n) is 5.71. The molecule has 0 atom stereocenters. The minimum absolute atomic E-state index is 0.382. The predicted molar refractivity (Wildman–Crippen MR) is 119 cm³/mol. The number of sulfonamides is 1. The second kappa shape index (κ2) is 7.87. The van der Waals surface area contributed by atoms with Gasteiger partial charge < -0.3 is 4.57 Å². The number of aromatic nitrogens is 2. The van der Waals surface area contributed by atoms with Crippen LogP contribution in [0.2, 0.25) is 5.02 Å². The van der Waals surface area contributed by atoms with E-state index in [1.54, 1.807) is 10.4 Å². The summed E-state index contributed by atoms with van der Waals surface area (Å²) in [5, 5.41) is 3.47. The summed E-state index contributed by atoms with van der Waals surface area (Å²) in [4.78, 5) is 5.13. The fourth-order valence-corrected chi connectivity index (χ4v) is 6.39. The molecule has 4 rings (SSSR count). The highest BCUT2D eigenvalue weighted by Gasteiger charge is 2.31. The lowest BCUT2D eigenvalue weighted by atomic mass is 10.0. The van der Waals surface area contributed by atoms with Gasteiger partial charge in [-0.05, 0) is 43.9 Å². The van der Waals surface area contributed by atoms with E-state index < -0.39 is 10.0 Å². The smallest absolute Gasteiger partial charge is 0.244 e. The maximum absolute atomic E-state index is 13.3. The fourth-order valence-electron chi connectivity index (χ4n) is 3.65. The maximum atomic E-state index is 13.3. The number of benzene rings is 1. The standard InChI is InChI=1S/C21H24ClN3O2S2/c1-14-8-10-25(11-9-14)29(26,27)20-12-19(24(3)15(20)2)21-23-18(13-28-21)16-4-6-17(22)7-5-16/h4-7,12-14H,8-11H2,1-3H3. The normalized spacial score (nSPS) is 16.4. The molecule has 0 saturated carbocycles. The van der Waals surface area contributed by atoms with Gasteiger partial charge in [-0.1, -0.05) is 30.7 Å². The SMILES string of the molecule is Cc1c(S(=O)(=O)N2CCC(C)CC2)cc(-c2nc(-c3ccc(Cl)cc3)cs2)n1C. The molecule has 1 aromatic carbocycles. The summed E-state index contributed by atoms with van der Waals surface area (Å²) >= 11 is 7.48. The second-order valence-electron chi connectivity index (χ2n) is 7.67. The van der Waals surface area contributed by atoms with Gasteiger partial charge >= 0.3 is 0 Å². The summed E-state index contributed by atoms with van der Waals surface area (Å²) in [6.45, 7) is 5.21. The topological polar surface area (TPSA) is 55.2 Å². The van der Waals surface area contributed by atoms with Crippen LogP contribution in [0.3, 0.4) is 0 Å². The third-order valence-corrected chi connectivity index (χ3v) is 8.84. The van der Waals surface area contributed by atoms with Crippen molar-refractivity contribution in [1.82, 2.24) is 13.9 Å². The van der Waals surface area contributed by atoms with E-state index in [2.05, 4.69) is 6.92 Å². The molecule has 3 aromatic rings. The van der Waals surface area contributed by atoms with Crippen LogP contribution in [0, 0.1) is 12.8 Å². The van der Waals surface area contributed by atoms with E-state index in [1.165, 1.54) is 11.3 Å². The van der Waals surface area contributed by atoms with Crippen LogP contribution in [0.25, 0.3) is 22.0 Å². The molecule has 0 N–H and O–H groups in total. The zero-order chi connectivity index (χ0) is 20.8. The Hall–Kier alpha value is -1.67. The molecule has 1 aliphatic rings. The predicted octanol–water partition coefficient (Wildman–Crippen LogP) is 5.20. The van der Waals surface area contributed by atoms with Crippen LogP contribution < -0.4 is 0 Å². The molecular formula is C21H24ClN3O2S2. The largest absolute Gasteiger partial charge is 0.345 e. The van der Waals surface area contributed by atoms with Crippen LogP contribution in [0.15, 0.2) is 40.6 Å². The average molecular weight is 450 g/mol. The molecule has 0 radical (unpaired) electrons. The quantitative estimate of drug-likeness (QED) is 0.550. The van der Waals surface area contributed by atoms with Crippen LogP contribution in [0.1, 0.15) is 25.5 Å². The summed E-state index contributed by atoms with van der Waals surface area (Å²) in [6.07, 6.45) is 1.82. The van der Waals surface area contributed by atoms with E-state index in [4.69, 9.17) is 16.6 Å². The van der Waals surface area contributed by atoms with Crippen LogP contribution >= 0.6 is 22.9 Å². The van der Waals surface area contributed by atoms with Crippen molar-refractivity contribution in [2.45, 2.75) is 31.6 Å². The lowest BCUT2D eigenvalue weighted by molar-refractivity contribution is 0.288. The van der Waals surface area contributed by atoms with Gasteiger partial charge in [0.05, 0.1) is 11.4 Å². The Morgan fingerprint density at radius 3 is 2.48 bits per heavy atom. The van der Waals surface area contributed by atoms with Crippen molar-refractivity contribution in [2.24, 2.45) is 13.0 Å². The first-order chi connectivity index (χ1) is 13.8. The Kier molecular flexibility index (Phi) is 5.59. The number of hydrogen-bond donors (Lipinski definition) is 0. The number of nitrogens with zero attached hydrogens (tertiary/aromatic N) is 3. The van der Waals surface area contributed by atoms with Gasteiger partial charge in [0.25, 0.3) is 0 Å². The number of thiazole rings is 1. The number of hydrogen-bond acceptors (Lipinski definition) is 4. The Bertz CT molecular complexity index is 1130. The summed E-state index contributed by atoms with van der Waals surface area (Å²) < 4.78 is 30.1. The molecule has 0 aliphatic carbocycles. The number of rotatable bonds is 4. The van der Waals surface area contributed by atoms with Gasteiger partial charge in [-0.2, -0.15) is 4.31 Å². The summed E-state index contributed by atoms with van der Waals surface area (Å²) in [5.74, 6) is 0.579. The van der Waals surface area contributed by atoms with E-state index in [0.29, 0.717) is 28.9 Å². The lowest BCUT2D eigenvalue weighted by Gasteiger charge is -2.29. The first kappa shape index (κ1) is 20.6. The fraction of sp³-hybridized carbons (Fsp3) is 0.381. The Morgan fingerprint density at radius 1 is 1.17 bits per heavy atom. The summed E-state index contributed by atoms with van der Waals surface area (Å²) in [5.41, 5.74) is 3.39. The lowest BCUT2D eigenvalue weighted by Crippen LogP contribution is -2.38. The molecule has 1 saturated heterocycles. The van der Waals surface area contributed by atoms with Crippen LogP contribution in [0.5, 0.6) is 0 Å². The molecular weight excluding hydrogens is 426 g/mol. The number of halogens is 1. The van der Waals surface area contributed by atoms with Crippen molar-refractivity contribution in [3.05, 3.63) is 46.4 Å². The number of piperidine rings is 1. The Balaban J connectivity index is 1.68. The Morgan fingerprint density at radius 2 is 1.83 bits per heavy atom. The highest BCUT2D eigenvalue weighted by Crippen LogP contribution is 2.34. The van der Waals surface area contributed by atoms with Crippen LogP contribution in [-0.2, 0) is 17.1 Å². The molecule has 29 heavy (non-hydrogen) atoms. The van der Waals surface area contributed by atoms with E-state index in [1.807, 2.05) is 48.2 Å². The van der Waals surface area contributed by atoms with Gasteiger partial charge in [0.1, 0.15) is 9.90 Å². The van der Waals surface area contributed by atoms with Gasteiger partial charge in [0.15, 0.2) is 0 Å². The first-order valence-corrected chi connectivity index (χ1v) is 12.4. The highest BCUT2D eigenvalue weighted by atomic mass is 35.5.